The van der Waals surface area contributed by atoms with E-state index in [2.05, 4.69) is 42.9 Å². The van der Waals surface area contributed by atoms with Crippen molar-refractivity contribution in [3.63, 3.8) is 0 Å². The molecule has 2 aliphatic rings. The molecule has 0 aromatic rings. The maximum absolute atomic E-state index is 3.79. The van der Waals surface area contributed by atoms with E-state index in [-0.39, 0.29) is 0 Å². The maximum Gasteiger partial charge on any atom is 0.0192 e. The predicted molar refractivity (Wildman–Crippen MR) is 82.5 cm³/mol. The Hall–Kier alpha value is -0.120. The molecule has 0 amide bonds. The van der Waals surface area contributed by atoms with E-state index in [1.165, 1.54) is 45.3 Å². The first kappa shape index (κ1) is 15.3. The molecule has 0 radical (unpaired) electrons. The monoisotopic (exact) mass is 267 g/mol. The van der Waals surface area contributed by atoms with Crippen LogP contribution in [0.3, 0.4) is 0 Å². The largest absolute Gasteiger partial charge is 0.312 e. The van der Waals surface area contributed by atoms with Crippen LogP contribution < -0.4 is 5.32 Å². The van der Waals surface area contributed by atoms with E-state index in [0.29, 0.717) is 12.1 Å². The third kappa shape index (κ3) is 4.44. The third-order valence-corrected chi connectivity index (χ3v) is 5.25. The smallest absolute Gasteiger partial charge is 0.0192 e. The number of likely N-dealkylation sites (tertiary alicyclic amines) is 1. The molecule has 1 heterocycles. The van der Waals surface area contributed by atoms with Crippen molar-refractivity contribution in [1.29, 1.82) is 0 Å². The van der Waals surface area contributed by atoms with Crippen molar-refractivity contribution in [2.24, 2.45) is 5.92 Å². The van der Waals surface area contributed by atoms with E-state index in [4.69, 9.17) is 0 Å². The van der Waals surface area contributed by atoms with Gasteiger partial charge in [-0.3, -0.25) is 4.90 Å². The molecule has 1 saturated carbocycles. The average Bonchev–Trinajstić information content (AvgIpc) is 3.28. The summed E-state index contributed by atoms with van der Waals surface area (Å²) >= 11 is 0. The molecule has 19 heavy (non-hydrogen) atoms. The molecule has 0 bridgehead atoms. The van der Waals surface area contributed by atoms with Crippen molar-refractivity contribution >= 4 is 0 Å². The summed E-state index contributed by atoms with van der Waals surface area (Å²) in [5.41, 5.74) is 0. The topological polar surface area (TPSA) is 18.5 Å². The Balaban J connectivity index is 1.69. The van der Waals surface area contributed by atoms with Crippen molar-refractivity contribution in [3.05, 3.63) is 0 Å². The van der Waals surface area contributed by atoms with Crippen LogP contribution in [-0.2, 0) is 0 Å². The van der Waals surface area contributed by atoms with Gasteiger partial charge in [-0.2, -0.15) is 0 Å². The van der Waals surface area contributed by atoms with Crippen LogP contribution in [0.2, 0.25) is 0 Å². The van der Waals surface area contributed by atoms with Gasteiger partial charge < -0.3 is 10.2 Å². The molecule has 1 aliphatic carbocycles. The Bertz CT molecular complexity index is 265. The lowest BCUT2D eigenvalue weighted by atomic mass is 9.91. The minimum absolute atomic E-state index is 0.657. The SMILES string of the molecule is CCN1CCCC(C(C)NCC(C)N(C)C2CC2)C1. The molecule has 0 aromatic heterocycles. The van der Waals surface area contributed by atoms with Gasteiger partial charge in [0, 0.05) is 31.2 Å². The Labute approximate surface area is 119 Å². The quantitative estimate of drug-likeness (QED) is 0.763. The number of nitrogens with one attached hydrogen (secondary N) is 1. The summed E-state index contributed by atoms with van der Waals surface area (Å²) in [4.78, 5) is 5.16. The second-order valence-corrected chi connectivity index (χ2v) is 6.74. The number of nitrogens with zero attached hydrogens (tertiary/aromatic N) is 2. The summed E-state index contributed by atoms with van der Waals surface area (Å²) in [6.45, 7) is 12.0. The summed E-state index contributed by atoms with van der Waals surface area (Å²) in [6.07, 6.45) is 5.59. The summed E-state index contributed by atoms with van der Waals surface area (Å²) in [5.74, 6) is 0.840. The zero-order valence-electron chi connectivity index (χ0n) is 13.4. The van der Waals surface area contributed by atoms with Gasteiger partial charge in [0.2, 0.25) is 0 Å². The Morgan fingerprint density at radius 1 is 1.26 bits per heavy atom. The van der Waals surface area contributed by atoms with E-state index in [1.807, 2.05) is 0 Å². The second kappa shape index (κ2) is 7.05. The molecule has 2 fully saturated rings. The summed E-state index contributed by atoms with van der Waals surface area (Å²) in [6, 6.07) is 2.20. The highest BCUT2D eigenvalue weighted by molar-refractivity contribution is 4.87. The van der Waals surface area contributed by atoms with Crippen LogP contribution in [0.4, 0.5) is 0 Å². The first-order valence-electron chi connectivity index (χ1n) is 8.29. The van der Waals surface area contributed by atoms with Gasteiger partial charge in [-0.1, -0.05) is 6.92 Å². The number of piperidine rings is 1. The number of hydrogen-bond donors (Lipinski definition) is 1. The zero-order valence-corrected chi connectivity index (χ0v) is 13.4. The average molecular weight is 267 g/mol. The van der Waals surface area contributed by atoms with Crippen LogP contribution in [0.25, 0.3) is 0 Å². The molecule has 1 saturated heterocycles. The van der Waals surface area contributed by atoms with Crippen molar-refractivity contribution in [3.8, 4) is 0 Å². The van der Waals surface area contributed by atoms with Crippen LogP contribution in [0.15, 0.2) is 0 Å². The van der Waals surface area contributed by atoms with Gasteiger partial charge in [-0.15, -0.1) is 0 Å². The molecule has 3 atom stereocenters. The first-order valence-corrected chi connectivity index (χ1v) is 8.29. The lowest BCUT2D eigenvalue weighted by Gasteiger charge is -2.36. The van der Waals surface area contributed by atoms with Crippen molar-refractivity contribution < 1.29 is 0 Å². The van der Waals surface area contributed by atoms with E-state index in [9.17, 15) is 0 Å². The summed E-state index contributed by atoms with van der Waals surface area (Å²) in [7, 11) is 2.29. The Morgan fingerprint density at radius 2 is 2.00 bits per heavy atom. The van der Waals surface area contributed by atoms with Gasteiger partial charge in [-0.25, -0.2) is 0 Å². The van der Waals surface area contributed by atoms with Crippen LogP contribution in [-0.4, -0.2) is 61.2 Å². The molecule has 0 aromatic carbocycles. The van der Waals surface area contributed by atoms with Crippen LogP contribution >= 0.6 is 0 Å². The van der Waals surface area contributed by atoms with Crippen LogP contribution in [0.1, 0.15) is 46.5 Å². The molecule has 112 valence electrons. The van der Waals surface area contributed by atoms with E-state index in [1.54, 1.807) is 0 Å². The Kier molecular flexibility index (Phi) is 5.67. The van der Waals surface area contributed by atoms with Gasteiger partial charge in [0.1, 0.15) is 0 Å². The lowest BCUT2D eigenvalue weighted by molar-refractivity contribution is 0.151. The fraction of sp³-hybridized carbons (Fsp3) is 1.00. The predicted octanol–water partition coefficient (Wildman–Crippen LogP) is 2.18. The minimum atomic E-state index is 0.657. The van der Waals surface area contributed by atoms with Gasteiger partial charge in [0.15, 0.2) is 0 Å². The highest BCUT2D eigenvalue weighted by atomic mass is 15.2. The maximum atomic E-state index is 3.79. The molecular formula is C16H33N3. The van der Waals surface area contributed by atoms with Crippen molar-refractivity contribution in [2.45, 2.75) is 64.6 Å². The van der Waals surface area contributed by atoms with Gasteiger partial charge in [0.25, 0.3) is 0 Å². The first-order chi connectivity index (χ1) is 9.11. The number of rotatable bonds is 7. The molecule has 3 unspecified atom stereocenters. The number of likely N-dealkylation sites (N-methyl/N-ethyl adjacent to an activating group) is 1. The van der Waals surface area contributed by atoms with Crippen molar-refractivity contribution in [1.82, 2.24) is 15.1 Å². The zero-order chi connectivity index (χ0) is 13.8. The third-order valence-electron chi connectivity index (χ3n) is 5.25. The fourth-order valence-corrected chi connectivity index (χ4v) is 3.30. The van der Waals surface area contributed by atoms with E-state index >= 15 is 0 Å². The summed E-state index contributed by atoms with van der Waals surface area (Å²) < 4.78 is 0. The molecule has 2 rings (SSSR count). The van der Waals surface area contributed by atoms with Crippen molar-refractivity contribution in [2.75, 3.05) is 33.2 Å². The van der Waals surface area contributed by atoms with Gasteiger partial charge >= 0.3 is 0 Å². The van der Waals surface area contributed by atoms with E-state index < -0.39 is 0 Å². The fourth-order valence-electron chi connectivity index (χ4n) is 3.30. The molecular weight excluding hydrogens is 234 g/mol. The lowest BCUT2D eigenvalue weighted by Crippen LogP contribution is -2.48. The standard InChI is InChI=1S/C16H33N3/c1-5-19-10-6-7-15(12-19)14(3)17-11-13(2)18(4)16-8-9-16/h13-17H,5-12H2,1-4H3. The Morgan fingerprint density at radius 3 is 2.63 bits per heavy atom. The second-order valence-electron chi connectivity index (χ2n) is 6.74. The molecule has 1 aliphatic heterocycles. The molecule has 1 N–H and O–H groups in total. The highest BCUT2D eigenvalue weighted by Crippen LogP contribution is 2.27. The molecule has 3 heteroatoms. The number of hydrogen-bond acceptors (Lipinski definition) is 3. The molecule has 3 nitrogen and oxygen atoms in total. The minimum Gasteiger partial charge on any atom is -0.312 e. The normalized spacial score (nSPS) is 28.6. The van der Waals surface area contributed by atoms with Gasteiger partial charge in [0.05, 0.1) is 0 Å². The van der Waals surface area contributed by atoms with E-state index in [0.717, 1.165) is 18.5 Å². The summed E-state index contributed by atoms with van der Waals surface area (Å²) in [5, 5.41) is 3.79. The van der Waals surface area contributed by atoms with Crippen LogP contribution in [0, 0.1) is 5.92 Å². The van der Waals surface area contributed by atoms with Crippen LogP contribution in [0.5, 0.6) is 0 Å². The van der Waals surface area contributed by atoms with Gasteiger partial charge in [-0.05, 0) is 65.6 Å². The molecule has 0 spiro atoms. The highest BCUT2D eigenvalue weighted by Gasteiger charge is 2.29.